The lowest BCUT2D eigenvalue weighted by Crippen LogP contribution is -2.53. The molecule has 1 N–H and O–H groups in total. The zero-order chi connectivity index (χ0) is 27.6. The van der Waals surface area contributed by atoms with Crippen LogP contribution in [0.2, 0.25) is 5.02 Å². The highest BCUT2D eigenvalue weighted by Gasteiger charge is 2.59. The third kappa shape index (κ3) is 6.10. The summed E-state index contributed by atoms with van der Waals surface area (Å²) < 4.78 is 45.4. The number of alkyl halides is 3. The highest BCUT2D eigenvalue weighted by Crippen LogP contribution is 2.38. The third-order valence-electron chi connectivity index (χ3n) is 6.32. The Kier molecular flexibility index (Phi) is 8.29. The van der Waals surface area contributed by atoms with Gasteiger partial charge in [-0.1, -0.05) is 63.6 Å². The molecule has 0 radical (unpaired) electrons. The number of rotatable bonds is 8. The molecule has 0 aliphatic heterocycles. The molecule has 0 amide bonds. The van der Waals surface area contributed by atoms with Crippen LogP contribution in [0.1, 0.15) is 51.7 Å². The van der Waals surface area contributed by atoms with E-state index in [1.54, 1.807) is 24.3 Å². The number of nitrogens with zero attached hydrogens (tertiary/aromatic N) is 2. The van der Waals surface area contributed by atoms with E-state index in [2.05, 4.69) is 40.5 Å². The summed E-state index contributed by atoms with van der Waals surface area (Å²) in [5.74, 6) is -0.693. The molecule has 0 aliphatic carbocycles. The van der Waals surface area contributed by atoms with Crippen LogP contribution in [0.4, 0.5) is 13.2 Å². The number of aromatic nitrogens is 3. The number of ether oxygens (including phenoxy) is 1. The maximum Gasteiger partial charge on any atom is 0.424 e. The van der Waals surface area contributed by atoms with Gasteiger partial charge in [0.15, 0.2) is 11.6 Å². The van der Waals surface area contributed by atoms with E-state index in [1.807, 2.05) is 18.2 Å². The monoisotopic (exact) mass is 535 g/mol. The zero-order valence-electron chi connectivity index (χ0n) is 21.3. The second-order valence-electron chi connectivity index (χ2n) is 9.78. The van der Waals surface area contributed by atoms with Gasteiger partial charge in [0.2, 0.25) is 5.60 Å². The average Bonchev–Trinajstić information content (AvgIpc) is 2.83. The first-order valence-corrected chi connectivity index (χ1v) is 12.1. The van der Waals surface area contributed by atoms with Gasteiger partial charge in [0, 0.05) is 24.7 Å². The van der Waals surface area contributed by atoms with E-state index in [1.165, 1.54) is 6.92 Å². The molecule has 0 spiro atoms. The fraction of sp³-hybridized carbons (Fsp3) is 0.407. The van der Waals surface area contributed by atoms with Crippen molar-refractivity contribution in [1.82, 2.24) is 15.0 Å². The summed E-state index contributed by atoms with van der Waals surface area (Å²) in [6, 6.07) is 12.3. The standard InChI is InChI=1S/C27H29ClF3N3O3/c1-6-26(37-5,27(29,30)31)21(35)13-11-16-10-12-20(28)19(14-16)23-32-22(33-24(36)34-23)17-8-7-9-18(15-17)25(2,3)4/h7-10,12,14-15H,6,11,13H2,1-5H3,(H,32,33,34,36). The Morgan fingerprint density at radius 2 is 1.78 bits per heavy atom. The van der Waals surface area contributed by atoms with Crippen molar-refractivity contribution in [3.8, 4) is 22.8 Å². The van der Waals surface area contributed by atoms with Gasteiger partial charge < -0.3 is 4.74 Å². The van der Waals surface area contributed by atoms with Crippen molar-refractivity contribution < 1.29 is 22.7 Å². The van der Waals surface area contributed by atoms with Crippen LogP contribution < -0.4 is 5.69 Å². The van der Waals surface area contributed by atoms with Gasteiger partial charge in [0.1, 0.15) is 5.82 Å². The molecule has 1 atom stereocenters. The quantitative estimate of drug-likeness (QED) is 0.365. The van der Waals surface area contributed by atoms with Crippen LogP contribution in [0.3, 0.4) is 0 Å². The topological polar surface area (TPSA) is 84.9 Å². The molecule has 198 valence electrons. The summed E-state index contributed by atoms with van der Waals surface area (Å²) >= 11 is 6.39. The smallest absolute Gasteiger partial charge is 0.362 e. The van der Waals surface area contributed by atoms with E-state index in [0.29, 0.717) is 16.7 Å². The summed E-state index contributed by atoms with van der Waals surface area (Å²) in [5.41, 5.74) is -1.000. The van der Waals surface area contributed by atoms with Gasteiger partial charge in [-0.25, -0.2) is 9.78 Å². The summed E-state index contributed by atoms with van der Waals surface area (Å²) in [4.78, 5) is 36.1. The Balaban J connectivity index is 1.94. The highest BCUT2D eigenvalue weighted by molar-refractivity contribution is 6.33. The number of halogens is 4. The Morgan fingerprint density at radius 3 is 2.38 bits per heavy atom. The highest BCUT2D eigenvalue weighted by atomic mass is 35.5. The van der Waals surface area contributed by atoms with Crippen molar-refractivity contribution in [1.29, 1.82) is 0 Å². The molecular weight excluding hydrogens is 507 g/mol. The fourth-order valence-corrected chi connectivity index (χ4v) is 4.27. The Labute approximate surface area is 218 Å². The van der Waals surface area contributed by atoms with Crippen molar-refractivity contribution in [2.24, 2.45) is 0 Å². The van der Waals surface area contributed by atoms with Crippen molar-refractivity contribution in [2.45, 2.75) is 64.1 Å². The van der Waals surface area contributed by atoms with Gasteiger partial charge >= 0.3 is 11.9 Å². The molecule has 0 saturated carbocycles. The predicted octanol–water partition coefficient (Wildman–Crippen LogP) is 6.31. The summed E-state index contributed by atoms with van der Waals surface area (Å²) in [6.07, 6.45) is -5.74. The van der Waals surface area contributed by atoms with Gasteiger partial charge in [-0.05, 0) is 47.6 Å². The summed E-state index contributed by atoms with van der Waals surface area (Å²) in [7, 11) is 0.884. The maximum atomic E-state index is 13.6. The second-order valence-corrected chi connectivity index (χ2v) is 10.2. The molecule has 0 fully saturated rings. The predicted molar refractivity (Wildman–Crippen MR) is 137 cm³/mol. The molecule has 37 heavy (non-hydrogen) atoms. The lowest BCUT2D eigenvalue weighted by atomic mass is 9.86. The minimum atomic E-state index is -4.83. The Morgan fingerprint density at radius 1 is 1.08 bits per heavy atom. The second kappa shape index (κ2) is 10.8. The minimum Gasteiger partial charge on any atom is -0.362 e. The van der Waals surface area contributed by atoms with Crippen molar-refractivity contribution in [3.63, 3.8) is 0 Å². The number of Topliss-reactive ketones (excluding diaryl/α,β-unsaturated/α-hetero) is 1. The molecule has 3 rings (SSSR count). The van der Waals surface area contributed by atoms with Gasteiger partial charge in [0.25, 0.3) is 0 Å². The third-order valence-corrected chi connectivity index (χ3v) is 6.65. The van der Waals surface area contributed by atoms with Crippen molar-refractivity contribution in [2.75, 3.05) is 7.11 Å². The van der Waals surface area contributed by atoms with Gasteiger partial charge in [-0.3, -0.25) is 9.78 Å². The van der Waals surface area contributed by atoms with Crippen molar-refractivity contribution >= 4 is 17.4 Å². The van der Waals surface area contributed by atoms with Crippen LogP contribution in [0.15, 0.2) is 47.3 Å². The van der Waals surface area contributed by atoms with E-state index in [4.69, 9.17) is 11.6 Å². The number of methoxy groups -OCH3 is 1. The van der Waals surface area contributed by atoms with Gasteiger partial charge in [-0.15, -0.1) is 0 Å². The first-order valence-electron chi connectivity index (χ1n) is 11.7. The lowest BCUT2D eigenvalue weighted by Gasteiger charge is -2.31. The summed E-state index contributed by atoms with van der Waals surface area (Å²) in [6.45, 7) is 7.46. The number of hydrogen-bond acceptors (Lipinski definition) is 5. The molecule has 1 unspecified atom stereocenters. The van der Waals surface area contributed by atoms with Crippen LogP contribution in [0.25, 0.3) is 22.8 Å². The van der Waals surface area contributed by atoms with Crippen LogP contribution in [0, 0.1) is 0 Å². The number of ketones is 1. The largest absolute Gasteiger partial charge is 0.424 e. The van der Waals surface area contributed by atoms with Crippen molar-refractivity contribution in [3.05, 3.63) is 69.1 Å². The van der Waals surface area contributed by atoms with Crippen LogP contribution in [-0.4, -0.2) is 39.6 Å². The Hall–Kier alpha value is -3.04. The fourth-order valence-electron chi connectivity index (χ4n) is 4.06. The first-order chi connectivity index (χ1) is 17.2. The number of aryl methyl sites for hydroxylation is 1. The van der Waals surface area contributed by atoms with E-state index >= 15 is 0 Å². The number of aromatic amines is 1. The SMILES string of the molecule is CCC(OC)(C(=O)CCc1ccc(Cl)c(-c2nc(-c3cccc(C(C)(C)C)c3)nc(=O)[nH]2)c1)C(F)(F)F. The number of carbonyl (C=O) groups excluding carboxylic acids is 1. The minimum absolute atomic E-state index is 0.0139. The normalized spacial score (nSPS) is 13.9. The first kappa shape index (κ1) is 28.5. The molecule has 1 heterocycles. The Bertz CT molecular complexity index is 1340. The molecule has 1 aromatic heterocycles. The molecular formula is C27H29ClF3N3O3. The van der Waals surface area contributed by atoms with Crippen LogP contribution in [0.5, 0.6) is 0 Å². The summed E-state index contributed by atoms with van der Waals surface area (Å²) in [5, 5.41) is 0.272. The van der Waals surface area contributed by atoms with Gasteiger partial charge in [-0.2, -0.15) is 18.2 Å². The average molecular weight is 536 g/mol. The molecule has 2 aromatic carbocycles. The number of carbonyl (C=O) groups is 1. The molecule has 0 saturated heterocycles. The van der Waals surface area contributed by atoms with E-state index in [-0.39, 0.29) is 28.5 Å². The number of benzene rings is 2. The number of H-pyrrole nitrogens is 1. The van der Waals surface area contributed by atoms with Crippen LogP contribution >= 0.6 is 11.6 Å². The van der Waals surface area contributed by atoms with Gasteiger partial charge in [0.05, 0.1) is 5.02 Å². The molecule has 0 bridgehead atoms. The maximum absolute atomic E-state index is 13.6. The number of hydrogen-bond donors (Lipinski definition) is 1. The number of nitrogens with one attached hydrogen (secondary N) is 1. The van der Waals surface area contributed by atoms with E-state index in [9.17, 15) is 22.8 Å². The zero-order valence-corrected chi connectivity index (χ0v) is 22.0. The van der Waals surface area contributed by atoms with Crippen LogP contribution in [-0.2, 0) is 21.4 Å². The molecule has 3 aromatic rings. The molecule has 6 nitrogen and oxygen atoms in total. The lowest BCUT2D eigenvalue weighted by molar-refractivity contribution is -0.259. The van der Waals surface area contributed by atoms with E-state index < -0.39 is 36.1 Å². The molecule has 10 heteroatoms. The van der Waals surface area contributed by atoms with E-state index in [0.717, 1.165) is 12.7 Å². The molecule has 0 aliphatic rings.